The Labute approximate surface area is 59.9 Å². The third-order valence-corrected chi connectivity index (χ3v) is 2.23. The van der Waals surface area contributed by atoms with Gasteiger partial charge in [-0.15, -0.1) is 0 Å². The van der Waals surface area contributed by atoms with Gasteiger partial charge in [-0.05, 0) is 30.3 Å². The molecule has 0 atom stereocenters. The fourth-order valence-corrected chi connectivity index (χ4v) is 1.20. The van der Waals surface area contributed by atoms with Crippen molar-refractivity contribution in [2.75, 3.05) is 0 Å². The Hall–Kier alpha value is -0.400. The van der Waals surface area contributed by atoms with E-state index in [1.807, 2.05) is 0 Å². The summed E-state index contributed by atoms with van der Waals surface area (Å²) in [5, 5.41) is 0. The summed E-state index contributed by atoms with van der Waals surface area (Å²) in [4.78, 5) is 0. The van der Waals surface area contributed by atoms with Crippen LogP contribution in [0.1, 0.15) is 26.7 Å². The van der Waals surface area contributed by atoms with Crippen molar-refractivity contribution in [2.24, 2.45) is 11.8 Å². The molecule has 0 amide bonds. The van der Waals surface area contributed by atoms with Crippen LogP contribution in [0.25, 0.3) is 0 Å². The van der Waals surface area contributed by atoms with Gasteiger partial charge in [0.05, 0.1) is 0 Å². The van der Waals surface area contributed by atoms with Crippen LogP contribution in [0, 0.1) is 11.8 Å². The second-order valence-corrected chi connectivity index (χ2v) is 3.28. The molecule has 0 aromatic carbocycles. The van der Waals surface area contributed by atoms with Crippen LogP contribution in [-0.2, 0) is 0 Å². The molecule has 0 aromatic rings. The fraction of sp³-hybridized carbons (Fsp3) is 0.750. The second kappa shape index (κ2) is 2.69. The van der Waals surface area contributed by atoms with Gasteiger partial charge in [-0.2, -0.15) is 8.78 Å². The van der Waals surface area contributed by atoms with Gasteiger partial charge in [0.25, 0.3) is 6.08 Å². The summed E-state index contributed by atoms with van der Waals surface area (Å²) in [5.41, 5.74) is 0.374. The number of hydrogen-bond acceptors (Lipinski definition) is 0. The summed E-state index contributed by atoms with van der Waals surface area (Å²) in [7, 11) is 0. The molecule has 0 N–H and O–H groups in total. The van der Waals surface area contributed by atoms with E-state index in [-0.39, 0.29) is 0 Å². The van der Waals surface area contributed by atoms with Crippen LogP contribution < -0.4 is 0 Å². The zero-order valence-electron chi connectivity index (χ0n) is 6.32. The minimum absolute atomic E-state index is 0.374. The zero-order valence-corrected chi connectivity index (χ0v) is 6.32. The van der Waals surface area contributed by atoms with Gasteiger partial charge in [0.2, 0.25) is 0 Å². The molecule has 0 bridgehead atoms. The molecule has 58 valence electrons. The normalized spacial score (nSPS) is 24.9. The van der Waals surface area contributed by atoms with Gasteiger partial charge in [-0.25, -0.2) is 0 Å². The standard InChI is InChI=1S/C8H12F2/c1-5(2)6-3-7(4-6)8(9)10/h5-6H,3-4H2,1-2H3. The van der Waals surface area contributed by atoms with Gasteiger partial charge in [-0.3, -0.25) is 0 Å². The first-order valence-electron chi connectivity index (χ1n) is 3.64. The minimum atomic E-state index is -1.45. The van der Waals surface area contributed by atoms with Crippen molar-refractivity contribution >= 4 is 0 Å². The molecule has 0 nitrogen and oxygen atoms in total. The summed E-state index contributed by atoms with van der Waals surface area (Å²) in [6.07, 6.45) is -0.197. The molecule has 1 rings (SSSR count). The highest BCUT2D eigenvalue weighted by atomic mass is 19.3. The van der Waals surface area contributed by atoms with Crippen molar-refractivity contribution in [3.05, 3.63) is 11.7 Å². The molecule has 0 aliphatic heterocycles. The van der Waals surface area contributed by atoms with E-state index in [1.165, 1.54) is 0 Å². The molecule has 1 fully saturated rings. The van der Waals surface area contributed by atoms with Gasteiger partial charge in [0.15, 0.2) is 0 Å². The van der Waals surface area contributed by atoms with E-state index >= 15 is 0 Å². The van der Waals surface area contributed by atoms with E-state index in [0.717, 1.165) is 0 Å². The van der Waals surface area contributed by atoms with E-state index in [1.54, 1.807) is 0 Å². The molecule has 0 radical (unpaired) electrons. The average molecular weight is 146 g/mol. The molecular weight excluding hydrogens is 134 g/mol. The van der Waals surface area contributed by atoms with Crippen molar-refractivity contribution in [3.8, 4) is 0 Å². The lowest BCUT2D eigenvalue weighted by Crippen LogP contribution is -2.20. The smallest absolute Gasteiger partial charge is 0.173 e. The fourth-order valence-electron chi connectivity index (χ4n) is 1.20. The largest absolute Gasteiger partial charge is 0.269 e. The first kappa shape index (κ1) is 7.70. The minimum Gasteiger partial charge on any atom is -0.173 e. The zero-order chi connectivity index (χ0) is 7.72. The Bertz CT molecular complexity index is 147. The molecule has 0 heterocycles. The predicted molar refractivity (Wildman–Crippen MR) is 36.8 cm³/mol. The summed E-state index contributed by atoms with van der Waals surface area (Å²) in [6, 6.07) is 0. The highest BCUT2D eigenvalue weighted by molar-refractivity contribution is 5.13. The van der Waals surface area contributed by atoms with E-state index in [0.29, 0.717) is 30.3 Å². The molecule has 0 aromatic heterocycles. The summed E-state index contributed by atoms with van der Waals surface area (Å²) in [6.45, 7) is 4.16. The van der Waals surface area contributed by atoms with Crippen molar-refractivity contribution in [1.82, 2.24) is 0 Å². The van der Waals surface area contributed by atoms with Gasteiger partial charge in [0.1, 0.15) is 0 Å². The molecule has 0 spiro atoms. The lowest BCUT2D eigenvalue weighted by molar-refractivity contribution is 0.277. The summed E-state index contributed by atoms with van der Waals surface area (Å²) in [5.74, 6) is 1.07. The van der Waals surface area contributed by atoms with Crippen LogP contribution in [0.2, 0.25) is 0 Å². The lowest BCUT2D eigenvalue weighted by atomic mass is 9.74. The number of hydrogen-bond donors (Lipinski definition) is 0. The van der Waals surface area contributed by atoms with E-state index in [2.05, 4.69) is 13.8 Å². The predicted octanol–water partition coefficient (Wildman–Crippen LogP) is 3.20. The Morgan fingerprint density at radius 2 is 1.90 bits per heavy atom. The van der Waals surface area contributed by atoms with Crippen LogP contribution in [0.5, 0.6) is 0 Å². The maximum atomic E-state index is 11.8. The van der Waals surface area contributed by atoms with Crippen LogP contribution in [0.4, 0.5) is 8.78 Å². The Morgan fingerprint density at radius 1 is 1.40 bits per heavy atom. The third kappa shape index (κ3) is 1.36. The molecule has 0 unspecified atom stereocenters. The van der Waals surface area contributed by atoms with Crippen LogP contribution in [0.15, 0.2) is 11.7 Å². The maximum Gasteiger partial charge on any atom is 0.269 e. The van der Waals surface area contributed by atoms with Crippen molar-refractivity contribution in [3.63, 3.8) is 0 Å². The van der Waals surface area contributed by atoms with E-state index in [9.17, 15) is 8.78 Å². The Balaban J connectivity index is 2.38. The lowest BCUT2D eigenvalue weighted by Gasteiger charge is -2.31. The quantitative estimate of drug-likeness (QED) is 0.533. The number of halogens is 2. The number of allylic oxidation sites excluding steroid dienone is 1. The van der Waals surface area contributed by atoms with Gasteiger partial charge in [-0.1, -0.05) is 13.8 Å². The summed E-state index contributed by atoms with van der Waals surface area (Å²) < 4.78 is 23.6. The molecule has 2 heteroatoms. The van der Waals surface area contributed by atoms with Gasteiger partial charge >= 0.3 is 0 Å². The monoisotopic (exact) mass is 146 g/mol. The van der Waals surface area contributed by atoms with Crippen LogP contribution in [0.3, 0.4) is 0 Å². The first-order valence-corrected chi connectivity index (χ1v) is 3.64. The second-order valence-electron chi connectivity index (χ2n) is 3.28. The number of rotatable bonds is 1. The molecule has 10 heavy (non-hydrogen) atoms. The van der Waals surface area contributed by atoms with Crippen molar-refractivity contribution < 1.29 is 8.78 Å². The van der Waals surface area contributed by atoms with Crippen molar-refractivity contribution in [1.29, 1.82) is 0 Å². The average Bonchev–Trinajstić information content (AvgIpc) is 1.56. The highest BCUT2D eigenvalue weighted by Gasteiger charge is 2.28. The van der Waals surface area contributed by atoms with E-state index in [4.69, 9.17) is 0 Å². The maximum absolute atomic E-state index is 11.8. The van der Waals surface area contributed by atoms with Crippen LogP contribution in [-0.4, -0.2) is 0 Å². The SMILES string of the molecule is CC(C)C1CC(=C(F)F)C1. The van der Waals surface area contributed by atoms with Crippen molar-refractivity contribution in [2.45, 2.75) is 26.7 Å². The Morgan fingerprint density at radius 3 is 2.20 bits per heavy atom. The van der Waals surface area contributed by atoms with Gasteiger partial charge in [0, 0.05) is 0 Å². The highest BCUT2D eigenvalue weighted by Crippen LogP contribution is 2.40. The molecule has 1 aliphatic carbocycles. The third-order valence-electron chi connectivity index (χ3n) is 2.23. The molecule has 1 saturated carbocycles. The van der Waals surface area contributed by atoms with Gasteiger partial charge < -0.3 is 0 Å². The van der Waals surface area contributed by atoms with Crippen LogP contribution >= 0.6 is 0 Å². The van der Waals surface area contributed by atoms with E-state index < -0.39 is 6.08 Å². The molecular formula is C8H12F2. The molecule has 1 aliphatic rings. The first-order chi connectivity index (χ1) is 4.61. The topological polar surface area (TPSA) is 0 Å². The summed E-state index contributed by atoms with van der Waals surface area (Å²) >= 11 is 0. The Kier molecular flexibility index (Phi) is 2.07. The molecule has 0 saturated heterocycles.